The number of nitrogens with one attached hydrogen (secondary N) is 1. The Hall–Kier alpha value is -0.980. The van der Waals surface area contributed by atoms with Gasteiger partial charge in [0, 0.05) is 36.5 Å². The summed E-state index contributed by atoms with van der Waals surface area (Å²) in [7, 11) is 0. The number of nitrogens with zero attached hydrogens (tertiary/aromatic N) is 2. The maximum Gasteiger partial charge on any atom is 0.220 e. The molecule has 1 saturated heterocycles. The summed E-state index contributed by atoms with van der Waals surface area (Å²) < 4.78 is 5.35. The van der Waals surface area contributed by atoms with Crippen molar-refractivity contribution in [1.82, 2.24) is 15.2 Å². The number of rotatable bonds is 6. The zero-order valence-electron chi connectivity index (χ0n) is 13.1. The van der Waals surface area contributed by atoms with E-state index in [2.05, 4.69) is 29.0 Å². The van der Waals surface area contributed by atoms with Gasteiger partial charge in [-0.1, -0.05) is 0 Å². The third kappa shape index (κ3) is 5.37. The minimum Gasteiger partial charge on any atom is -0.379 e. The SMILES string of the molecule is Cc1ncsc1CCC(=O)NC(C)(C)CN1CCOCC1. The first-order valence-electron chi connectivity index (χ1n) is 7.46. The molecule has 21 heavy (non-hydrogen) atoms. The number of morpholine rings is 1. The van der Waals surface area contributed by atoms with Crippen LogP contribution < -0.4 is 5.32 Å². The van der Waals surface area contributed by atoms with Crippen LogP contribution in [0.5, 0.6) is 0 Å². The Kier molecular flexibility index (Phi) is 5.72. The Morgan fingerprint density at radius 1 is 1.48 bits per heavy atom. The minimum absolute atomic E-state index is 0.112. The number of aromatic nitrogens is 1. The molecule has 1 aliphatic rings. The highest BCUT2D eigenvalue weighted by atomic mass is 32.1. The van der Waals surface area contributed by atoms with Crippen LogP contribution in [0.15, 0.2) is 5.51 Å². The molecule has 1 aliphatic heterocycles. The van der Waals surface area contributed by atoms with Gasteiger partial charge in [0.15, 0.2) is 0 Å². The van der Waals surface area contributed by atoms with Crippen LogP contribution in [0, 0.1) is 6.92 Å². The summed E-state index contributed by atoms with van der Waals surface area (Å²) in [5.74, 6) is 0.112. The molecule has 1 amide bonds. The average Bonchev–Trinajstić information content (AvgIpc) is 2.82. The topological polar surface area (TPSA) is 54.5 Å². The first kappa shape index (κ1) is 16.4. The molecule has 0 saturated carbocycles. The predicted molar refractivity (Wildman–Crippen MR) is 84.7 cm³/mol. The van der Waals surface area contributed by atoms with Gasteiger partial charge in [0.1, 0.15) is 0 Å². The molecule has 0 spiro atoms. The van der Waals surface area contributed by atoms with Gasteiger partial charge in [-0.3, -0.25) is 9.69 Å². The third-order valence-corrected chi connectivity index (χ3v) is 4.62. The lowest BCUT2D eigenvalue weighted by atomic mass is 10.0. The van der Waals surface area contributed by atoms with Gasteiger partial charge < -0.3 is 10.1 Å². The van der Waals surface area contributed by atoms with Crippen molar-refractivity contribution in [1.29, 1.82) is 0 Å². The van der Waals surface area contributed by atoms with Crippen molar-refractivity contribution in [3.05, 3.63) is 16.1 Å². The van der Waals surface area contributed by atoms with Crippen molar-refractivity contribution in [2.45, 2.75) is 39.2 Å². The summed E-state index contributed by atoms with van der Waals surface area (Å²) >= 11 is 1.62. The van der Waals surface area contributed by atoms with Crippen LogP contribution in [-0.4, -0.2) is 54.2 Å². The number of thiazole rings is 1. The van der Waals surface area contributed by atoms with Crippen LogP contribution in [0.4, 0.5) is 0 Å². The normalized spacial score (nSPS) is 16.9. The van der Waals surface area contributed by atoms with Crippen molar-refractivity contribution >= 4 is 17.2 Å². The maximum absolute atomic E-state index is 12.1. The Morgan fingerprint density at radius 2 is 2.19 bits per heavy atom. The first-order chi connectivity index (χ1) is 9.96. The van der Waals surface area contributed by atoms with Crippen molar-refractivity contribution in [3.63, 3.8) is 0 Å². The molecule has 118 valence electrons. The number of amides is 1. The minimum atomic E-state index is -0.211. The van der Waals surface area contributed by atoms with Crippen molar-refractivity contribution in [3.8, 4) is 0 Å². The Morgan fingerprint density at radius 3 is 2.81 bits per heavy atom. The fourth-order valence-corrected chi connectivity index (χ4v) is 3.37. The molecule has 1 aromatic heterocycles. The standard InChI is InChI=1S/C15H25N3O2S/c1-12-13(21-11-16-12)4-5-14(19)17-15(2,3)10-18-6-8-20-9-7-18/h11H,4-10H2,1-3H3,(H,17,19). The number of ether oxygens (including phenoxy) is 1. The average molecular weight is 311 g/mol. The molecule has 2 rings (SSSR count). The molecule has 1 fully saturated rings. The van der Waals surface area contributed by atoms with Gasteiger partial charge in [-0.05, 0) is 27.2 Å². The summed E-state index contributed by atoms with van der Waals surface area (Å²) in [6, 6.07) is 0. The Labute approximate surface area is 130 Å². The summed E-state index contributed by atoms with van der Waals surface area (Å²) in [5.41, 5.74) is 2.67. The molecule has 6 heteroatoms. The maximum atomic E-state index is 12.1. The molecule has 0 unspecified atom stereocenters. The zero-order chi connectivity index (χ0) is 15.3. The summed E-state index contributed by atoms with van der Waals surface area (Å²) in [6.45, 7) is 10.5. The molecule has 0 atom stereocenters. The highest BCUT2D eigenvalue weighted by Gasteiger charge is 2.24. The molecule has 5 nitrogen and oxygen atoms in total. The van der Waals surface area contributed by atoms with Crippen LogP contribution in [0.3, 0.4) is 0 Å². The van der Waals surface area contributed by atoms with E-state index in [1.807, 2.05) is 12.4 Å². The summed E-state index contributed by atoms with van der Waals surface area (Å²) in [4.78, 5) is 19.9. The second-order valence-electron chi connectivity index (χ2n) is 6.18. The predicted octanol–water partition coefficient (Wildman–Crippen LogP) is 1.61. The monoisotopic (exact) mass is 311 g/mol. The fourth-order valence-electron chi connectivity index (χ4n) is 2.59. The van der Waals surface area contributed by atoms with Crippen molar-refractivity contribution in [2.75, 3.05) is 32.8 Å². The lowest BCUT2D eigenvalue weighted by molar-refractivity contribution is -0.123. The quantitative estimate of drug-likeness (QED) is 0.867. The van der Waals surface area contributed by atoms with Crippen LogP contribution >= 0.6 is 11.3 Å². The van der Waals surface area contributed by atoms with Gasteiger partial charge in [-0.2, -0.15) is 0 Å². The van der Waals surface area contributed by atoms with Gasteiger partial charge in [-0.15, -0.1) is 11.3 Å². The largest absolute Gasteiger partial charge is 0.379 e. The summed E-state index contributed by atoms with van der Waals surface area (Å²) in [6.07, 6.45) is 1.30. The number of aryl methyl sites for hydroxylation is 2. The number of carbonyl (C=O) groups is 1. The van der Waals surface area contributed by atoms with Crippen LogP contribution in [0.2, 0.25) is 0 Å². The molecule has 0 radical (unpaired) electrons. The third-order valence-electron chi connectivity index (χ3n) is 3.62. The lowest BCUT2D eigenvalue weighted by Crippen LogP contribution is -2.53. The molecule has 2 heterocycles. The van der Waals surface area contributed by atoms with E-state index in [-0.39, 0.29) is 11.4 Å². The Balaban J connectivity index is 1.76. The van der Waals surface area contributed by atoms with Crippen molar-refractivity contribution in [2.24, 2.45) is 0 Å². The zero-order valence-corrected chi connectivity index (χ0v) is 14.0. The first-order valence-corrected chi connectivity index (χ1v) is 8.34. The van der Waals surface area contributed by atoms with Gasteiger partial charge in [0.25, 0.3) is 0 Å². The smallest absolute Gasteiger partial charge is 0.220 e. The highest BCUT2D eigenvalue weighted by molar-refractivity contribution is 7.09. The lowest BCUT2D eigenvalue weighted by Gasteiger charge is -2.35. The van der Waals surface area contributed by atoms with Crippen LogP contribution in [-0.2, 0) is 16.0 Å². The van der Waals surface area contributed by atoms with E-state index >= 15 is 0 Å². The van der Waals surface area contributed by atoms with Gasteiger partial charge >= 0.3 is 0 Å². The number of hydrogen-bond acceptors (Lipinski definition) is 5. The second kappa shape index (κ2) is 7.33. The molecule has 0 aliphatic carbocycles. The molecular formula is C15H25N3O2S. The van der Waals surface area contributed by atoms with Crippen LogP contribution in [0.1, 0.15) is 30.8 Å². The molecule has 0 aromatic carbocycles. The van der Waals surface area contributed by atoms with Gasteiger partial charge in [0.2, 0.25) is 5.91 Å². The van der Waals surface area contributed by atoms with E-state index in [9.17, 15) is 4.79 Å². The van der Waals surface area contributed by atoms with Crippen LogP contribution in [0.25, 0.3) is 0 Å². The van der Waals surface area contributed by atoms with Gasteiger partial charge in [-0.25, -0.2) is 4.98 Å². The molecule has 0 bridgehead atoms. The molecule has 1 N–H and O–H groups in total. The fraction of sp³-hybridized carbons (Fsp3) is 0.733. The van der Waals surface area contributed by atoms with Crippen molar-refractivity contribution < 1.29 is 9.53 Å². The van der Waals surface area contributed by atoms with E-state index in [0.717, 1.165) is 45.0 Å². The number of hydrogen-bond donors (Lipinski definition) is 1. The second-order valence-corrected chi connectivity index (χ2v) is 7.12. The van der Waals surface area contributed by atoms with E-state index in [4.69, 9.17) is 4.74 Å². The van der Waals surface area contributed by atoms with E-state index in [1.54, 1.807) is 11.3 Å². The van der Waals surface area contributed by atoms with E-state index in [0.29, 0.717) is 6.42 Å². The van der Waals surface area contributed by atoms with E-state index in [1.165, 1.54) is 4.88 Å². The van der Waals surface area contributed by atoms with E-state index < -0.39 is 0 Å². The summed E-state index contributed by atoms with van der Waals surface area (Å²) in [5, 5.41) is 3.15. The highest BCUT2D eigenvalue weighted by Crippen LogP contribution is 2.15. The number of carbonyl (C=O) groups excluding carboxylic acids is 1. The molecule has 1 aromatic rings. The Bertz CT molecular complexity index is 467. The van der Waals surface area contributed by atoms with Gasteiger partial charge in [0.05, 0.1) is 24.4 Å². The molecular weight excluding hydrogens is 286 g/mol.